The van der Waals surface area contributed by atoms with Crippen LogP contribution >= 0.6 is 15.9 Å². The zero-order valence-corrected chi connectivity index (χ0v) is 11.2. The molecule has 2 rings (SSSR count). The summed E-state index contributed by atoms with van der Waals surface area (Å²) in [5.41, 5.74) is 11.9. The fraction of sp³-hybridized carbons (Fsp3) is 0. The number of carbonyl (C=O) groups excluding carboxylic acids is 1. The third kappa shape index (κ3) is 3.00. The summed E-state index contributed by atoms with van der Waals surface area (Å²) in [6, 6.07) is 5.75. The van der Waals surface area contributed by atoms with E-state index < -0.39 is 5.91 Å². The molecule has 0 aliphatic carbocycles. The van der Waals surface area contributed by atoms with E-state index in [9.17, 15) is 9.18 Å². The quantitative estimate of drug-likeness (QED) is 0.808. The number of hydrogen-bond acceptors (Lipinski definition) is 4. The number of pyridine rings is 1. The lowest BCUT2D eigenvalue weighted by Gasteiger charge is -2.10. The van der Waals surface area contributed by atoms with Crippen LogP contribution in [-0.2, 0) is 0 Å². The van der Waals surface area contributed by atoms with Gasteiger partial charge in [0.05, 0.1) is 21.9 Å². The molecule has 1 amide bonds. The zero-order chi connectivity index (χ0) is 14.0. The second kappa shape index (κ2) is 5.23. The van der Waals surface area contributed by atoms with Gasteiger partial charge < -0.3 is 16.8 Å². The van der Waals surface area contributed by atoms with Crippen molar-refractivity contribution in [3.63, 3.8) is 0 Å². The highest BCUT2D eigenvalue weighted by molar-refractivity contribution is 9.10. The maximum Gasteiger partial charge on any atom is 0.252 e. The summed E-state index contributed by atoms with van der Waals surface area (Å²) in [5, 5.41) is 2.88. The minimum absolute atomic E-state index is 0.167. The predicted octanol–water partition coefficient (Wildman–Crippen LogP) is 2.41. The third-order valence-corrected chi connectivity index (χ3v) is 2.96. The van der Waals surface area contributed by atoms with Gasteiger partial charge in [-0.2, -0.15) is 0 Å². The minimum Gasteiger partial charge on any atom is -0.397 e. The fourth-order valence-electron chi connectivity index (χ4n) is 1.48. The Labute approximate surface area is 116 Å². The molecule has 0 unspecified atom stereocenters. The van der Waals surface area contributed by atoms with Gasteiger partial charge in [0.25, 0.3) is 5.91 Å². The SMILES string of the molecule is NC(=O)c1cc(N)cnc1Nc1ccc(F)c(Br)c1. The number of benzene rings is 1. The second-order valence-electron chi connectivity index (χ2n) is 3.78. The number of carbonyl (C=O) groups is 1. The van der Waals surface area contributed by atoms with E-state index in [-0.39, 0.29) is 17.2 Å². The minimum atomic E-state index is -0.650. The predicted molar refractivity (Wildman–Crippen MR) is 74.5 cm³/mol. The van der Waals surface area contributed by atoms with Crippen LogP contribution < -0.4 is 16.8 Å². The van der Waals surface area contributed by atoms with Crippen LogP contribution in [0.2, 0.25) is 0 Å². The van der Waals surface area contributed by atoms with Gasteiger partial charge in [0, 0.05) is 5.69 Å². The number of aromatic nitrogens is 1. The number of halogens is 2. The van der Waals surface area contributed by atoms with Crippen LogP contribution in [0.15, 0.2) is 34.9 Å². The van der Waals surface area contributed by atoms with E-state index in [2.05, 4.69) is 26.2 Å². The molecule has 0 radical (unpaired) electrons. The van der Waals surface area contributed by atoms with Gasteiger partial charge in [-0.1, -0.05) is 0 Å². The van der Waals surface area contributed by atoms with Gasteiger partial charge in [0.1, 0.15) is 11.6 Å². The van der Waals surface area contributed by atoms with Crippen LogP contribution in [0.3, 0.4) is 0 Å². The Bertz CT molecular complexity index is 648. The molecule has 2 aromatic rings. The third-order valence-electron chi connectivity index (χ3n) is 2.36. The number of anilines is 3. The second-order valence-corrected chi connectivity index (χ2v) is 4.64. The summed E-state index contributed by atoms with van der Waals surface area (Å²) in [7, 11) is 0. The highest BCUT2D eigenvalue weighted by atomic mass is 79.9. The van der Waals surface area contributed by atoms with Crippen molar-refractivity contribution in [3.8, 4) is 0 Å². The number of nitrogens with one attached hydrogen (secondary N) is 1. The highest BCUT2D eigenvalue weighted by Crippen LogP contribution is 2.24. The largest absolute Gasteiger partial charge is 0.397 e. The Kier molecular flexibility index (Phi) is 3.66. The molecule has 0 saturated carbocycles. The van der Waals surface area contributed by atoms with Crippen molar-refractivity contribution < 1.29 is 9.18 Å². The Morgan fingerprint density at radius 3 is 2.74 bits per heavy atom. The molecule has 1 aromatic carbocycles. The molecule has 98 valence electrons. The molecule has 1 aromatic heterocycles. The van der Waals surface area contributed by atoms with Crippen LogP contribution in [-0.4, -0.2) is 10.9 Å². The van der Waals surface area contributed by atoms with Crippen molar-refractivity contribution in [2.45, 2.75) is 0 Å². The molecular formula is C12H10BrFN4O. The van der Waals surface area contributed by atoms with Crippen molar-refractivity contribution in [2.75, 3.05) is 11.1 Å². The smallest absolute Gasteiger partial charge is 0.252 e. The van der Waals surface area contributed by atoms with E-state index >= 15 is 0 Å². The molecule has 5 N–H and O–H groups in total. The Balaban J connectivity index is 2.37. The zero-order valence-electron chi connectivity index (χ0n) is 9.65. The molecule has 0 atom stereocenters. The molecular weight excluding hydrogens is 315 g/mol. The first-order valence-electron chi connectivity index (χ1n) is 5.25. The van der Waals surface area contributed by atoms with Crippen LogP contribution in [0, 0.1) is 5.82 Å². The van der Waals surface area contributed by atoms with Crippen LogP contribution in [0.25, 0.3) is 0 Å². The van der Waals surface area contributed by atoms with Crippen LogP contribution in [0.5, 0.6) is 0 Å². The van der Waals surface area contributed by atoms with Crippen molar-refractivity contribution in [2.24, 2.45) is 5.73 Å². The lowest BCUT2D eigenvalue weighted by atomic mass is 10.2. The van der Waals surface area contributed by atoms with Gasteiger partial charge in [-0.15, -0.1) is 0 Å². The van der Waals surface area contributed by atoms with Crippen molar-refractivity contribution in [1.82, 2.24) is 4.98 Å². The molecule has 1 heterocycles. The molecule has 0 saturated heterocycles. The van der Waals surface area contributed by atoms with Gasteiger partial charge in [-0.05, 0) is 40.2 Å². The number of nitrogens with zero attached hydrogens (tertiary/aromatic N) is 1. The van der Waals surface area contributed by atoms with Crippen molar-refractivity contribution >= 4 is 39.0 Å². The number of nitrogens with two attached hydrogens (primary N) is 2. The Morgan fingerprint density at radius 2 is 2.11 bits per heavy atom. The summed E-state index contributed by atoms with van der Waals surface area (Å²) in [6.07, 6.45) is 1.40. The molecule has 5 nitrogen and oxygen atoms in total. The maximum absolute atomic E-state index is 13.1. The van der Waals surface area contributed by atoms with E-state index in [1.165, 1.54) is 30.5 Å². The first-order chi connectivity index (χ1) is 8.97. The number of nitrogen functional groups attached to an aromatic ring is 1. The van der Waals surface area contributed by atoms with E-state index in [1.807, 2.05) is 0 Å². The molecule has 19 heavy (non-hydrogen) atoms. The Morgan fingerprint density at radius 1 is 1.37 bits per heavy atom. The normalized spacial score (nSPS) is 10.2. The number of hydrogen-bond donors (Lipinski definition) is 3. The highest BCUT2D eigenvalue weighted by Gasteiger charge is 2.11. The monoisotopic (exact) mass is 324 g/mol. The topological polar surface area (TPSA) is 94.0 Å². The summed E-state index contributed by atoms with van der Waals surface area (Å²) < 4.78 is 13.4. The number of primary amides is 1. The van der Waals surface area contributed by atoms with Crippen LogP contribution in [0.4, 0.5) is 21.6 Å². The summed E-state index contributed by atoms with van der Waals surface area (Å²) in [4.78, 5) is 15.3. The summed E-state index contributed by atoms with van der Waals surface area (Å²) >= 11 is 3.07. The molecule has 0 fully saturated rings. The van der Waals surface area contributed by atoms with E-state index in [0.717, 1.165) is 0 Å². The number of rotatable bonds is 3. The number of amides is 1. The van der Waals surface area contributed by atoms with Gasteiger partial charge in [0.15, 0.2) is 0 Å². The van der Waals surface area contributed by atoms with E-state index in [4.69, 9.17) is 11.5 Å². The average Bonchev–Trinajstić information content (AvgIpc) is 2.36. The Hall–Kier alpha value is -2.15. The van der Waals surface area contributed by atoms with Gasteiger partial charge in [0.2, 0.25) is 0 Å². The molecule has 0 spiro atoms. The van der Waals surface area contributed by atoms with Gasteiger partial charge >= 0.3 is 0 Å². The van der Waals surface area contributed by atoms with Crippen molar-refractivity contribution in [1.29, 1.82) is 0 Å². The van der Waals surface area contributed by atoms with E-state index in [1.54, 1.807) is 0 Å². The molecule has 0 aliphatic rings. The van der Waals surface area contributed by atoms with E-state index in [0.29, 0.717) is 15.8 Å². The van der Waals surface area contributed by atoms with Crippen molar-refractivity contribution in [3.05, 3.63) is 46.3 Å². The summed E-state index contributed by atoms with van der Waals surface area (Å²) in [5.74, 6) is -0.769. The van der Waals surface area contributed by atoms with Gasteiger partial charge in [-0.25, -0.2) is 9.37 Å². The standard InChI is InChI=1S/C12H10BrFN4O/c13-9-4-7(1-2-10(9)14)18-12-8(11(16)19)3-6(15)5-17-12/h1-5H,15H2,(H2,16,19)(H,17,18). The van der Waals surface area contributed by atoms with Crippen LogP contribution in [0.1, 0.15) is 10.4 Å². The molecule has 0 aliphatic heterocycles. The maximum atomic E-state index is 13.1. The first kappa shape index (κ1) is 13.3. The molecule has 0 bridgehead atoms. The van der Waals surface area contributed by atoms with Gasteiger partial charge in [-0.3, -0.25) is 4.79 Å². The molecule has 7 heteroatoms. The lowest BCUT2D eigenvalue weighted by Crippen LogP contribution is -2.14. The lowest BCUT2D eigenvalue weighted by molar-refractivity contribution is 0.100. The first-order valence-corrected chi connectivity index (χ1v) is 6.04. The fourth-order valence-corrected chi connectivity index (χ4v) is 1.86. The average molecular weight is 325 g/mol. The summed E-state index contributed by atoms with van der Waals surface area (Å²) in [6.45, 7) is 0.